The third-order valence-corrected chi connectivity index (χ3v) is 2.40. The van der Waals surface area contributed by atoms with Crippen LogP contribution in [0.5, 0.6) is 5.75 Å². The fourth-order valence-electron chi connectivity index (χ4n) is 1.37. The summed E-state index contributed by atoms with van der Waals surface area (Å²) < 4.78 is 5.09. The summed E-state index contributed by atoms with van der Waals surface area (Å²) in [5.74, 6) is 0.311. The molecule has 0 aliphatic rings. The summed E-state index contributed by atoms with van der Waals surface area (Å²) in [7, 11) is 1.52. The number of carbonyl (C=O) groups is 1. The van der Waals surface area contributed by atoms with Crippen molar-refractivity contribution >= 4 is 5.91 Å². The Labute approximate surface area is 95.2 Å². The van der Waals surface area contributed by atoms with Gasteiger partial charge >= 0.3 is 0 Å². The van der Waals surface area contributed by atoms with E-state index in [1.807, 2.05) is 6.92 Å². The van der Waals surface area contributed by atoms with Crippen LogP contribution in [0.1, 0.15) is 23.7 Å². The molecule has 0 spiro atoms. The van der Waals surface area contributed by atoms with E-state index in [0.717, 1.165) is 0 Å². The van der Waals surface area contributed by atoms with Gasteiger partial charge in [0.25, 0.3) is 5.91 Å². The number of ether oxygens (including phenoxy) is 1. The highest BCUT2D eigenvalue weighted by Gasteiger charge is 2.14. The monoisotopic (exact) mass is 223 g/mol. The van der Waals surface area contributed by atoms with Crippen molar-refractivity contribution in [3.8, 4) is 5.75 Å². The molecule has 0 fully saturated rings. The Morgan fingerprint density at radius 3 is 2.75 bits per heavy atom. The standard InChI is InChI=1S/C12H17NO3/c1-3-9(8-14)13-12(15)10-6-4-5-7-11(10)16-2/h4-7,9,14H,3,8H2,1-2H3,(H,13,15). The summed E-state index contributed by atoms with van der Waals surface area (Å²) in [5.41, 5.74) is 0.483. The highest BCUT2D eigenvalue weighted by molar-refractivity contribution is 5.97. The molecule has 1 rings (SSSR count). The molecule has 1 aromatic rings. The van der Waals surface area contributed by atoms with Crippen molar-refractivity contribution in [3.63, 3.8) is 0 Å². The van der Waals surface area contributed by atoms with Gasteiger partial charge < -0.3 is 15.2 Å². The van der Waals surface area contributed by atoms with Crippen molar-refractivity contribution < 1.29 is 14.6 Å². The number of aliphatic hydroxyl groups is 1. The molecule has 0 aromatic heterocycles. The predicted molar refractivity (Wildman–Crippen MR) is 61.6 cm³/mol. The van der Waals surface area contributed by atoms with Gasteiger partial charge in [0.15, 0.2) is 0 Å². The van der Waals surface area contributed by atoms with E-state index in [0.29, 0.717) is 17.7 Å². The van der Waals surface area contributed by atoms with Gasteiger partial charge in [-0.2, -0.15) is 0 Å². The molecule has 88 valence electrons. The summed E-state index contributed by atoms with van der Waals surface area (Å²) in [5, 5.41) is 11.7. The summed E-state index contributed by atoms with van der Waals surface area (Å²) >= 11 is 0. The molecular weight excluding hydrogens is 206 g/mol. The Balaban J connectivity index is 2.79. The summed E-state index contributed by atoms with van der Waals surface area (Å²) in [6.45, 7) is 1.85. The molecule has 0 heterocycles. The number of nitrogens with one attached hydrogen (secondary N) is 1. The first-order chi connectivity index (χ1) is 7.72. The van der Waals surface area contributed by atoms with Crippen molar-refractivity contribution in [1.82, 2.24) is 5.32 Å². The van der Waals surface area contributed by atoms with Crippen LogP contribution in [0.2, 0.25) is 0 Å². The predicted octanol–water partition coefficient (Wildman–Crippen LogP) is 1.20. The lowest BCUT2D eigenvalue weighted by atomic mass is 10.1. The fourth-order valence-corrected chi connectivity index (χ4v) is 1.37. The first-order valence-corrected chi connectivity index (χ1v) is 5.27. The minimum Gasteiger partial charge on any atom is -0.496 e. The summed E-state index contributed by atoms with van der Waals surface area (Å²) in [4.78, 5) is 11.9. The van der Waals surface area contributed by atoms with E-state index < -0.39 is 0 Å². The highest BCUT2D eigenvalue weighted by atomic mass is 16.5. The number of hydrogen-bond donors (Lipinski definition) is 2. The molecule has 0 saturated carbocycles. The quantitative estimate of drug-likeness (QED) is 0.788. The fraction of sp³-hybridized carbons (Fsp3) is 0.417. The maximum absolute atomic E-state index is 11.9. The van der Waals surface area contributed by atoms with Crippen LogP contribution < -0.4 is 10.1 Å². The third-order valence-electron chi connectivity index (χ3n) is 2.40. The molecule has 0 aliphatic carbocycles. The largest absolute Gasteiger partial charge is 0.496 e. The van der Waals surface area contributed by atoms with Crippen LogP contribution in [0.25, 0.3) is 0 Å². The molecule has 1 atom stereocenters. The van der Waals surface area contributed by atoms with Crippen LogP contribution in [-0.2, 0) is 0 Å². The van der Waals surface area contributed by atoms with Gasteiger partial charge in [-0.1, -0.05) is 19.1 Å². The minimum absolute atomic E-state index is 0.0581. The zero-order valence-electron chi connectivity index (χ0n) is 9.56. The van der Waals surface area contributed by atoms with Crippen LogP contribution in [0.4, 0.5) is 0 Å². The highest BCUT2D eigenvalue weighted by Crippen LogP contribution is 2.17. The normalized spacial score (nSPS) is 11.9. The number of rotatable bonds is 5. The van der Waals surface area contributed by atoms with Crippen LogP contribution >= 0.6 is 0 Å². The summed E-state index contributed by atoms with van der Waals surface area (Å²) in [6, 6.07) is 6.79. The van der Waals surface area contributed by atoms with Crippen molar-refractivity contribution in [3.05, 3.63) is 29.8 Å². The van der Waals surface area contributed by atoms with Crippen molar-refractivity contribution in [2.75, 3.05) is 13.7 Å². The second kappa shape index (κ2) is 6.12. The van der Waals surface area contributed by atoms with Gasteiger partial charge in [-0.15, -0.1) is 0 Å². The Kier molecular flexibility index (Phi) is 4.79. The minimum atomic E-state index is -0.224. The number of aliphatic hydroxyl groups excluding tert-OH is 1. The third kappa shape index (κ3) is 2.97. The lowest BCUT2D eigenvalue weighted by Crippen LogP contribution is -2.37. The van der Waals surface area contributed by atoms with Gasteiger partial charge in [0, 0.05) is 0 Å². The molecule has 1 aromatic carbocycles. The Morgan fingerprint density at radius 1 is 1.50 bits per heavy atom. The molecular formula is C12H17NO3. The van der Waals surface area contributed by atoms with Gasteiger partial charge in [0.05, 0.1) is 25.3 Å². The van der Waals surface area contributed by atoms with Crippen molar-refractivity contribution in [2.45, 2.75) is 19.4 Å². The molecule has 0 aliphatic heterocycles. The SMILES string of the molecule is CCC(CO)NC(=O)c1ccccc1OC. The van der Waals surface area contributed by atoms with Crippen molar-refractivity contribution in [2.24, 2.45) is 0 Å². The molecule has 0 saturated heterocycles. The molecule has 0 radical (unpaired) electrons. The Morgan fingerprint density at radius 2 is 2.19 bits per heavy atom. The van der Waals surface area contributed by atoms with Gasteiger partial charge in [-0.3, -0.25) is 4.79 Å². The summed E-state index contributed by atoms with van der Waals surface area (Å²) in [6.07, 6.45) is 0.692. The van der Waals surface area contributed by atoms with E-state index in [2.05, 4.69) is 5.32 Å². The van der Waals surface area contributed by atoms with E-state index in [-0.39, 0.29) is 18.6 Å². The Bertz CT molecular complexity index is 348. The number of carbonyl (C=O) groups excluding carboxylic acids is 1. The average molecular weight is 223 g/mol. The maximum atomic E-state index is 11.9. The van der Waals surface area contributed by atoms with Crippen LogP contribution in [-0.4, -0.2) is 30.8 Å². The lowest BCUT2D eigenvalue weighted by Gasteiger charge is -2.15. The number of methoxy groups -OCH3 is 1. The van der Waals surface area contributed by atoms with Gasteiger partial charge in [-0.05, 0) is 18.6 Å². The van der Waals surface area contributed by atoms with E-state index in [1.165, 1.54) is 7.11 Å². The maximum Gasteiger partial charge on any atom is 0.255 e. The molecule has 16 heavy (non-hydrogen) atoms. The Hall–Kier alpha value is -1.55. The molecule has 1 amide bonds. The zero-order chi connectivity index (χ0) is 12.0. The first kappa shape index (κ1) is 12.5. The van der Waals surface area contributed by atoms with Crippen molar-refractivity contribution in [1.29, 1.82) is 0 Å². The number of benzene rings is 1. The topological polar surface area (TPSA) is 58.6 Å². The van der Waals surface area contributed by atoms with E-state index in [1.54, 1.807) is 24.3 Å². The smallest absolute Gasteiger partial charge is 0.255 e. The molecule has 2 N–H and O–H groups in total. The van der Waals surface area contributed by atoms with Crippen LogP contribution in [0.15, 0.2) is 24.3 Å². The molecule has 1 unspecified atom stereocenters. The van der Waals surface area contributed by atoms with Gasteiger partial charge in [-0.25, -0.2) is 0 Å². The molecule has 4 heteroatoms. The second-order valence-corrected chi connectivity index (χ2v) is 3.46. The average Bonchev–Trinajstić information content (AvgIpc) is 2.35. The number of para-hydroxylation sites is 1. The van der Waals surface area contributed by atoms with E-state index in [4.69, 9.17) is 9.84 Å². The zero-order valence-corrected chi connectivity index (χ0v) is 9.56. The lowest BCUT2D eigenvalue weighted by molar-refractivity contribution is 0.0912. The number of amides is 1. The van der Waals surface area contributed by atoms with E-state index >= 15 is 0 Å². The van der Waals surface area contributed by atoms with Crippen LogP contribution in [0.3, 0.4) is 0 Å². The van der Waals surface area contributed by atoms with Gasteiger partial charge in [0.1, 0.15) is 5.75 Å². The van der Waals surface area contributed by atoms with E-state index in [9.17, 15) is 4.79 Å². The number of hydrogen-bond acceptors (Lipinski definition) is 3. The molecule has 0 bridgehead atoms. The van der Waals surface area contributed by atoms with Gasteiger partial charge in [0.2, 0.25) is 0 Å². The first-order valence-electron chi connectivity index (χ1n) is 5.27. The van der Waals surface area contributed by atoms with Crippen LogP contribution in [0, 0.1) is 0 Å². The second-order valence-electron chi connectivity index (χ2n) is 3.46. The molecule has 4 nitrogen and oxygen atoms in total.